The number of hydrogen-bond acceptors (Lipinski definition) is 5. The summed E-state index contributed by atoms with van der Waals surface area (Å²) in [6.45, 7) is 7.44. The first-order valence-corrected chi connectivity index (χ1v) is 11.7. The van der Waals surface area contributed by atoms with Gasteiger partial charge >= 0.3 is 0 Å². The number of hydrogen-bond donors (Lipinski definition) is 2. The molecule has 8 heteroatoms. The fourth-order valence-electron chi connectivity index (χ4n) is 4.27. The Morgan fingerprint density at radius 1 is 0.971 bits per heavy atom. The first kappa shape index (κ1) is 26.0. The lowest BCUT2D eigenvalue weighted by molar-refractivity contribution is 0.394. The number of nitrogens with one attached hydrogen (secondary N) is 2. The number of ether oxygens (including phenoxy) is 2. The van der Waals surface area contributed by atoms with Crippen molar-refractivity contribution in [3.8, 4) is 11.5 Å². The number of benzene rings is 2. The Bertz CT molecular complexity index is 949. The normalized spacial score (nSPS) is 17.5. The van der Waals surface area contributed by atoms with Gasteiger partial charge in [-0.1, -0.05) is 24.3 Å². The van der Waals surface area contributed by atoms with Gasteiger partial charge in [-0.25, -0.2) is 4.99 Å². The van der Waals surface area contributed by atoms with Gasteiger partial charge in [-0.15, -0.1) is 24.0 Å². The minimum atomic E-state index is 0. The fourth-order valence-corrected chi connectivity index (χ4v) is 4.27. The monoisotopic (exact) mass is 577 g/mol. The van der Waals surface area contributed by atoms with Gasteiger partial charge in [0.05, 0.1) is 20.8 Å². The predicted octanol–water partition coefficient (Wildman–Crippen LogP) is 4.03. The number of guanidine groups is 1. The summed E-state index contributed by atoms with van der Waals surface area (Å²) in [7, 11) is 3.37. The van der Waals surface area contributed by atoms with Gasteiger partial charge in [0, 0.05) is 68.3 Å². The molecule has 1 saturated heterocycles. The molecule has 0 saturated carbocycles. The average molecular weight is 578 g/mol. The third kappa shape index (κ3) is 6.71. The lowest BCUT2D eigenvalue weighted by atomic mass is 10.2. The van der Waals surface area contributed by atoms with Crippen LogP contribution in [0.5, 0.6) is 11.5 Å². The Labute approximate surface area is 220 Å². The average Bonchev–Trinajstić information content (AvgIpc) is 3.55. The van der Waals surface area contributed by atoms with Gasteiger partial charge < -0.3 is 29.9 Å². The Hall–Kier alpha value is -2.62. The van der Waals surface area contributed by atoms with Crippen molar-refractivity contribution >= 4 is 41.3 Å². The zero-order valence-electron chi connectivity index (χ0n) is 20.3. The Morgan fingerprint density at radius 3 is 2.26 bits per heavy atom. The summed E-state index contributed by atoms with van der Waals surface area (Å²) in [5, 5.41) is 7.01. The van der Waals surface area contributed by atoms with Crippen molar-refractivity contribution < 1.29 is 9.47 Å². The van der Waals surface area contributed by atoms with Gasteiger partial charge in [0.2, 0.25) is 0 Å². The Morgan fingerprint density at radius 2 is 1.65 bits per heavy atom. The van der Waals surface area contributed by atoms with Crippen molar-refractivity contribution in [2.24, 2.45) is 4.99 Å². The number of nitrogens with zero attached hydrogens (tertiary/aromatic N) is 3. The van der Waals surface area contributed by atoms with Crippen LogP contribution in [0.2, 0.25) is 0 Å². The van der Waals surface area contributed by atoms with E-state index in [1.807, 2.05) is 6.07 Å². The summed E-state index contributed by atoms with van der Waals surface area (Å²) in [6.07, 6.45) is 5.46. The van der Waals surface area contributed by atoms with Gasteiger partial charge in [0.15, 0.2) is 5.96 Å². The molecule has 0 aliphatic carbocycles. The largest absolute Gasteiger partial charge is 0.497 e. The zero-order chi connectivity index (χ0) is 23.0. The Balaban J connectivity index is 0.00000324. The first-order chi connectivity index (χ1) is 16.2. The van der Waals surface area contributed by atoms with Crippen LogP contribution < -0.4 is 29.9 Å². The molecule has 0 radical (unpaired) electrons. The summed E-state index contributed by atoms with van der Waals surface area (Å²) in [5.41, 5.74) is 3.59. The van der Waals surface area contributed by atoms with Crippen LogP contribution in [0.3, 0.4) is 0 Å². The lowest BCUT2D eigenvalue weighted by Gasteiger charge is -2.21. The van der Waals surface area contributed by atoms with E-state index in [0.29, 0.717) is 12.6 Å². The van der Waals surface area contributed by atoms with Crippen molar-refractivity contribution in [3.63, 3.8) is 0 Å². The van der Waals surface area contributed by atoms with Crippen LogP contribution in [0.1, 0.15) is 18.9 Å². The van der Waals surface area contributed by atoms with E-state index in [-0.39, 0.29) is 24.0 Å². The van der Waals surface area contributed by atoms with Crippen molar-refractivity contribution in [2.75, 3.05) is 56.7 Å². The van der Waals surface area contributed by atoms with E-state index < -0.39 is 0 Å². The predicted molar refractivity (Wildman–Crippen MR) is 151 cm³/mol. The molecule has 0 aromatic heterocycles. The smallest absolute Gasteiger partial charge is 0.191 e. The summed E-state index contributed by atoms with van der Waals surface area (Å²) in [4.78, 5) is 9.55. The highest BCUT2D eigenvalue weighted by atomic mass is 127. The van der Waals surface area contributed by atoms with Crippen LogP contribution in [0.4, 0.5) is 11.4 Å². The standard InChI is InChI=1S/C26H35N5O2.HI/c1-4-27-26(28-18-20-7-9-22(10-8-20)30-12-5-6-13-30)29-21-11-14-31(19-21)23-15-24(32-2)17-25(16-23)33-3;/h5-10,15-17,21H,4,11-14,18-19H2,1-3H3,(H2,27,28,29);1H. The van der Waals surface area contributed by atoms with Gasteiger partial charge in [0.25, 0.3) is 0 Å². The third-order valence-electron chi connectivity index (χ3n) is 6.11. The van der Waals surface area contributed by atoms with Gasteiger partial charge in [-0.05, 0) is 31.0 Å². The molecule has 0 bridgehead atoms. The van der Waals surface area contributed by atoms with Crippen LogP contribution in [0.25, 0.3) is 0 Å². The molecule has 0 spiro atoms. The summed E-state index contributed by atoms with van der Waals surface area (Å²) in [6, 6.07) is 15.1. The maximum atomic E-state index is 5.43. The highest BCUT2D eigenvalue weighted by Gasteiger charge is 2.24. The summed E-state index contributed by atoms with van der Waals surface area (Å²) < 4.78 is 10.9. The van der Waals surface area contributed by atoms with E-state index in [4.69, 9.17) is 14.5 Å². The molecule has 184 valence electrons. The van der Waals surface area contributed by atoms with Crippen molar-refractivity contribution in [1.29, 1.82) is 0 Å². The molecule has 4 rings (SSSR count). The van der Waals surface area contributed by atoms with E-state index in [1.54, 1.807) is 14.2 Å². The van der Waals surface area contributed by atoms with E-state index >= 15 is 0 Å². The molecule has 2 heterocycles. The molecular formula is C26H36IN5O2. The molecule has 34 heavy (non-hydrogen) atoms. The minimum absolute atomic E-state index is 0. The van der Waals surface area contributed by atoms with Crippen LogP contribution in [0.15, 0.2) is 59.6 Å². The third-order valence-corrected chi connectivity index (χ3v) is 6.11. The Kier molecular flexibility index (Phi) is 9.74. The highest BCUT2D eigenvalue weighted by Crippen LogP contribution is 2.30. The maximum Gasteiger partial charge on any atom is 0.191 e. The maximum absolute atomic E-state index is 5.43. The number of rotatable bonds is 8. The second-order valence-electron chi connectivity index (χ2n) is 8.38. The van der Waals surface area contributed by atoms with Crippen molar-refractivity contribution in [3.05, 3.63) is 60.2 Å². The molecule has 0 amide bonds. The molecule has 1 unspecified atom stereocenters. The van der Waals surface area contributed by atoms with E-state index in [0.717, 1.165) is 62.3 Å². The van der Waals surface area contributed by atoms with Crippen LogP contribution in [-0.2, 0) is 6.54 Å². The molecule has 2 aromatic carbocycles. The molecule has 2 aliphatic rings. The molecule has 7 nitrogen and oxygen atoms in total. The summed E-state index contributed by atoms with van der Waals surface area (Å²) >= 11 is 0. The quantitative estimate of drug-likeness (QED) is 0.214. The number of halogens is 1. The lowest BCUT2D eigenvalue weighted by Crippen LogP contribution is -2.44. The van der Waals surface area contributed by atoms with Crippen LogP contribution in [0, 0.1) is 0 Å². The van der Waals surface area contributed by atoms with E-state index in [9.17, 15) is 0 Å². The van der Waals surface area contributed by atoms with Gasteiger partial charge in [-0.3, -0.25) is 0 Å². The fraction of sp³-hybridized carbons (Fsp3) is 0.423. The van der Waals surface area contributed by atoms with Crippen LogP contribution >= 0.6 is 24.0 Å². The van der Waals surface area contributed by atoms with Gasteiger partial charge in [-0.2, -0.15) is 0 Å². The molecular weight excluding hydrogens is 541 g/mol. The topological polar surface area (TPSA) is 61.4 Å². The van der Waals surface area contributed by atoms with Crippen LogP contribution in [-0.4, -0.2) is 58.9 Å². The first-order valence-electron chi connectivity index (χ1n) is 11.7. The molecule has 2 aliphatic heterocycles. The molecule has 2 aromatic rings. The SMILES string of the molecule is CCNC(=NCc1ccc(N2CC=CC2)cc1)NC1CCN(c2cc(OC)cc(OC)c2)C1.I. The highest BCUT2D eigenvalue weighted by molar-refractivity contribution is 14.0. The second kappa shape index (κ2) is 12.7. The molecule has 1 fully saturated rings. The number of anilines is 2. The molecule has 1 atom stereocenters. The second-order valence-corrected chi connectivity index (χ2v) is 8.38. The summed E-state index contributed by atoms with van der Waals surface area (Å²) in [5.74, 6) is 2.48. The molecule has 2 N–H and O–H groups in total. The number of methoxy groups -OCH3 is 2. The van der Waals surface area contributed by atoms with E-state index in [1.165, 1.54) is 11.3 Å². The minimum Gasteiger partial charge on any atom is -0.497 e. The van der Waals surface area contributed by atoms with E-state index in [2.05, 4.69) is 75.9 Å². The van der Waals surface area contributed by atoms with Gasteiger partial charge in [0.1, 0.15) is 11.5 Å². The number of aliphatic imine (C=N–C) groups is 1. The van der Waals surface area contributed by atoms with Crippen molar-refractivity contribution in [2.45, 2.75) is 25.9 Å². The zero-order valence-corrected chi connectivity index (χ0v) is 22.6. The van der Waals surface area contributed by atoms with Crippen molar-refractivity contribution in [1.82, 2.24) is 10.6 Å².